The SMILES string of the molecule is CC1CC(C)CC(NC(=O)c2ccccc2SC#N)C1. The Labute approximate surface area is 124 Å². The zero-order chi connectivity index (χ0) is 14.5. The van der Waals surface area contributed by atoms with Crippen molar-refractivity contribution in [3.63, 3.8) is 0 Å². The number of nitrogens with zero attached hydrogens (tertiary/aromatic N) is 1. The van der Waals surface area contributed by atoms with Crippen LogP contribution in [0.2, 0.25) is 0 Å². The third-order valence-electron chi connectivity index (χ3n) is 3.80. The van der Waals surface area contributed by atoms with E-state index in [9.17, 15) is 4.79 Å². The quantitative estimate of drug-likeness (QED) is 0.679. The number of nitriles is 1. The Hall–Kier alpha value is -1.47. The Morgan fingerprint density at radius 3 is 2.55 bits per heavy atom. The first kappa shape index (κ1) is 14.9. The van der Waals surface area contributed by atoms with E-state index in [0.717, 1.165) is 29.5 Å². The molecule has 0 aromatic heterocycles. The van der Waals surface area contributed by atoms with Gasteiger partial charge in [0.1, 0.15) is 5.40 Å². The number of amides is 1. The summed E-state index contributed by atoms with van der Waals surface area (Å²) in [7, 11) is 0. The van der Waals surface area contributed by atoms with Crippen molar-refractivity contribution in [2.45, 2.75) is 44.0 Å². The highest BCUT2D eigenvalue weighted by Crippen LogP contribution is 2.29. The standard InChI is InChI=1S/C16H20N2OS/c1-11-7-12(2)9-13(8-11)18-16(19)14-5-3-4-6-15(14)20-10-17/h3-6,11-13H,7-9H2,1-2H3,(H,18,19). The number of thiocyanates is 1. The minimum atomic E-state index is -0.0605. The molecule has 0 bridgehead atoms. The third kappa shape index (κ3) is 3.77. The lowest BCUT2D eigenvalue weighted by Gasteiger charge is -2.32. The van der Waals surface area contributed by atoms with Gasteiger partial charge in [-0.25, -0.2) is 0 Å². The van der Waals surface area contributed by atoms with Crippen LogP contribution in [-0.4, -0.2) is 11.9 Å². The molecule has 106 valence electrons. The number of thioether (sulfide) groups is 1. The van der Waals surface area contributed by atoms with Crippen LogP contribution >= 0.6 is 11.8 Å². The van der Waals surface area contributed by atoms with Crippen LogP contribution in [0.25, 0.3) is 0 Å². The molecule has 1 N–H and O–H groups in total. The van der Waals surface area contributed by atoms with Gasteiger partial charge in [0.25, 0.3) is 5.91 Å². The van der Waals surface area contributed by atoms with Gasteiger partial charge in [-0.05, 0) is 55.0 Å². The van der Waals surface area contributed by atoms with Crippen LogP contribution in [0.4, 0.5) is 0 Å². The van der Waals surface area contributed by atoms with E-state index in [1.54, 1.807) is 6.07 Å². The second-order valence-electron chi connectivity index (χ2n) is 5.78. The third-order valence-corrected chi connectivity index (χ3v) is 4.47. The van der Waals surface area contributed by atoms with Crippen molar-refractivity contribution in [3.8, 4) is 5.40 Å². The molecule has 0 aliphatic heterocycles. The van der Waals surface area contributed by atoms with Crippen LogP contribution < -0.4 is 5.32 Å². The normalized spacial score (nSPS) is 25.8. The fraction of sp³-hybridized carbons (Fsp3) is 0.500. The van der Waals surface area contributed by atoms with E-state index in [4.69, 9.17) is 5.26 Å². The predicted octanol–water partition coefficient (Wildman–Crippen LogP) is 3.81. The molecule has 0 radical (unpaired) electrons. The molecular formula is C16H20N2OS. The lowest BCUT2D eigenvalue weighted by molar-refractivity contribution is 0.0908. The second kappa shape index (κ2) is 6.81. The molecular weight excluding hydrogens is 268 g/mol. The summed E-state index contributed by atoms with van der Waals surface area (Å²) in [4.78, 5) is 13.1. The molecule has 2 rings (SSSR count). The van der Waals surface area contributed by atoms with E-state index in [0.29, 0.717) is 17.4 Å². The van der Waals surface area contributed by atoms with Gasteiger partial charge in [-0.1, -0.05) is 26.0 Å². The summed E-state index contributed by atoms with van der Waals surface area (Å²) in [5.41, 5.74) is 0.602. The summed E-state index contributed by atoms with van der Waals surface area (Å²) in [5, 5.41) is 14.0. The van der Waals surface area contributed by atoms with Crippen molar-refractivity contribution in [1.82, 2.24) is 5.32 Å². The average molecular weight is 288 g/mol. The van der Waals surface area contributed by atoms with Gasteiger partial charge in [-0.3, -0.25) is 4.79 Å². The van der Waals surface area contributed by atoms with Gasteiger partial charge >= 0.3 is 0 Å². The molecule has 1 aliphatic carbocycles. The van der Waals surface area contributed by atoms with Crippen molar-refractivity contribution in [2.24, 2.45) is 11.8 Å². The van der Waals surface area contributed by atoms with Gasteiger partial charge in [0.2, 0.25) is 0 Å². The summed E-state index contributed by atoms with van der Waals surface area (Å²) in [5.74, 6) is 1.26. The predicted molar refractivity (Wildman–Crippen MR) is 81.3 cm³/mol. The van der Waals surface area contributed by atoms with Gasteiger partial charge in [-0.15, -0.1) is 0 Å². The van der Waals surface area contributed by atoms with Crippen molar-refractivity contribution < 1.29 is 4.79 Å². The van der Waals surface area contributed by atoms with Gasteiger partial charge in [0, 0.05) is 10.9 Å². The molecule has 1 aliphatic rings. The minimum absolute atomic E-state index is 0.0605. The van der Waals surface area contributed by atoms with Gasteiger partial charge < -0.3 is 5.32 Å². The number of hydrogen-bond donors (Lipinski definition) is 1. The Morgan fingerprint density at radius 1 is 1.25 bits per heavy atom. The fourth-order valence-electron chi connectivity index (χ4n) is 3.12. The molecule has 2 unspecified atom stereocenters. The van der Waals surface area contributed by atoms with E-state index in [2.05, 4.69) is 19.2 Å². The molecule has 4 heteroatoms. The van der Waals surface area contributed by atoms with Crippen LogP contribution in [0.15, 0.2) is 29.2 Å². The first-order valence-electron chi connectivity index (χ1n) is 7.06. The van der Waals surface area contributed by atoms with Crippen LogP contribution in [0, 0.1) is 22.5 Å². The highest BCUT2D eigenvalue weighted by Gasteiger charge is 2.25. The van der Waals surface area contributed by atoms with Crippen LogP contribution in [0.1, 0.15) is 43.5 Å². The number of rotatable bonds is 3. The van der Waals surface area contributed by atoms with E-state index in [1.165, 1.54) is 6.42 Å². The van der Waals surface area contributed by atoms with E-state index < -0.39 is 0 Å². The maximum Gasteiger partial charge on any atom is 0.252 e. The van der Waals surface area contributed by atoms with Gasteiger partial charge in [-0.2, -0.15) is 5.26 Å². The number of hydrogen-bond acceptors (Lipinski definition) is 3. The largest absolute Gasteiger partial charge is 0.349 e. The van der Waals surface area contributed by atoms with Crippen LogP contribution in [-0.2, 0) is 0 Å². The molecule has 1 amide bonds. The van der Waals surface area contributed by atoms with Crippen molar-refractivity contribution in [2.75, 3.05) is 0 Å². The Bertz CT molecular complexity index is 513. The Morgan fingerprint density at radius 2 is 1.90 bits per heavy atom. The van der Waals surface area contributed by atoms with Gasteiger partial charge in [0.05, 0.1) is 5.56 Å². The minimum Gasteiger partial charge on any atom is -0.349 e. The van der Waals surface area contributed by atoms with Crippen molar-refractivity contribution >= 4 is 17.7 Å². The fourth-order valence-corrected chi connectivity index (χ4v) is 3.64. The monoisotopic (exact) mass is 288 g/mol. The van der Waals surface area contributed by atoms with Crippen LogP contribution in [0.3, 0.4) is 0 Å². The molecule has 1 aromatic carbocycles. The highest BCUT2D eigenvalue weighted by molar-refractivity contribution is 8.03. The Balaban J connectivity index is 2.07. The number of carbonyl (C=O) groups excluding carboxylic acids is 1. The zero-order valence-corrected chi connectivity index (χ0v) is 12.7. The molecule has 2 atom stereocenters. The smallest absolute Gasteiger partial charge is 0.252 e. The van der Waals surface area contributed by atoms with Crippen LogP contribution in [0.5, 0.6) is 0 Å². The lowest BCUT2D eigenvalue weighted by atomic mass is 9.80. The topological polar surface area (TPSA) is 52.9 Å². The Kier molecular flexibility index (Phi) is 5.08. The first-order valence-corrected chi connectivity index (χ1v) is 7.87. The summed E-state index contributed by atoms with van der Waals surface area (Å²) in [6.45, 7) is 4.49. The molecule has 20 heavy (non-hydrogen) atoms. The summed E-state index contributed by atoms with van der Waals surface area (Å²) < 4.78 is 0. The molecule has 0 spiro atoms. The van der Waals surface area contributed by atoms with Crippen molar-refractivity contribution in [3.05, 3.63) is 29.8 Å². The molecule has 1 fully saturated rings. The highest BCUT2D eigenvalue weighted by atomic mass is 32.2. The van der Waals surface area contributed by atoms with E-state index >= 15 is 0 Å². The van der Waals surface area contributed by atoms with Gasteiger partial charge in [0.15, 0.2) is 0 Å². The number of nitrogens with one attached hydrogen (secondary N) is 1. The number of carbonyl (C=O) groups is 1. The maximum atomic E-state index is 12.4. The van der Waals surface area contributed by atoms with E-state index in [1.807, 2.05) is 23.6 Å². The molecule has 3 nitrogen and oxygen atoms in total. The number of benzene rings is 1. The molecule has 0 heterocycles. The summed E-state index contributed by atoms with van der Waals surface area (Å²) in [6, 6.07) is 7.53. The maximum absolute atomic E-state index is 12.4. The second-order valence-corrected chi connectivity index (χ2v) is 6.60. The zero-order valence-electron chi connectivity index (χ0n) is 11.9. The van der Waals surface area contributed by atoms with E-state index in [-0.39, 0.29) is 11.9 Å². The molecule has 1 aromatic rings. The van der Waals surface area contributed by atoms with Crippen molar-refractivity contribution in [1.29, 1.82) is 5.26 Å². The average Bonchev–Trinajstić information content (AvgIpc) is 2.38. The molecule has 1 saturated carbocycles. The lowest BCUT2D eigenvalue weighted by Crippen LogP contribution is -2.40. The molecule has 0 saturated heterocycles. The first-order chi connectivity index (χ1) is 9.60. The summed E-state index contributed by atoms with van der Waals surface area (Å²) in [6.07, 6.45) is 3.33. The summed E-state index contributed by atoms with van der Waals surface area (Å²) >= 11 is 1.04.